The maximum Gasteiger partial charge on any atom is 0.263 e. The standard InChI is InChI=1S/C21H20ClN7O/c1-21(7-8-21)29-19(27-14-5-2-4-13(22)16(14)20(29)30)15-6-3-9-28(15)18-12(10-23)17(24)25-11-26-18/h2,4-5,11,15H,3,6-9H2,1H3,(H2,24,25,26). The van der Waals surface area contributed by atoms with E-state index >= 15 is 0 Å². The van der Waals surface area contributed by atoms with Crippen LogP contribution in [0.25, 0.3) is 10.9 Å². The second-order valence-electron chi connectivity index (χ2n) is 8.16. The summed E-state index contributed by atoms with van der Waals surface area (Å²) in [5.41, 5.74) is 6.36. The van der Waals surface area contributed by atoms with Gasteiger partial charge >= 0.3 is 0 Å². The summed E-state index contributed by atoms with van der Waals surface area (Å²) >= 11 is 6.37. The number of halogens is 1. The maximum atomic E-state index is 13.6. The van der Waals surface area contributed by atoms with Crippen LogP contribution >= 0.6 is 11.6 Å². The minimum atomic E-state index is -0.274. The number of anilines is 2. The van der Waals surface area contributed by atoms with Crippen molar-refractivity contribution in [3.8, 4) is 6.07 Å². The normalized spacial score (nSPS) is 19.8. The van der Waals surface area contributed by atoms with Crippen molar-refractivity contribution in [2.45, 2.75) is 44.2 Å². The predicted molar refractivity (Wildman–Crippen MR) is 114 cm³/mol. The number of fused-ring (bicyclic) bond motifs is 1. The molecule has 5 rings (SSSR count). The second-order valence-corrected chi connectivity index (χ2v) is 8.57. The smallest absolute Gasteiger partial charge is 0.263 e. The summed E-state index contributed by atoms with van der Waals surface area (Å²) in [7, 11) is 0. The Bertz CT molecular complexity index is 1270. The van der Waals surface area contributed by atoms with E-state index in [2.05, 4.69) is 23.0 Å². The summed E-state index contributed by atoms with van der Waals surface area (Å²) < 4.78 is 1.82. The third kappa shape index (κ3) is 2.73. The molecule has 0 bridgehead atoms. The molecule has 1 aliphatic heterocycles. The van der Waals surface area contributed by atoms with Crippen molar-refractivity contribution in [3.63, 3.8) is 0 Å². The van der Waals surface area contributed by atoms with Crippen LogP contribution in [-0.2, 0) is 5.54 Å². The molecule has 30 heavy (non-hydrogen) atoms. The Morgan fingerprint density at radius 1 is 1.33 bits per heavy atom. The molecule has 9 heteroatoms. The van der Waals surface area contributed by atoms with Gasteiger partial charge in [-0.25, -0.2) is 15.0 Å². The highest BCUT2D eigenvalue weighted by molar-refractivity contribution is 6.35. The molecule has 1 atom stereocenters. The minimum Gasteiger partial charge on any atom is -0.382 e. The average molecular weight is 422 g/mol. The monoisotopic (exact) mass is 421 g/mol. The van der Waals surface area contributed by atoms with Crippen LogP contribution in [0.15, 0.2) is 29.3 Å². The Morgan fingerprint density at radius 3 is 2.87 bits per heavy atom. The Morgan fingerprint density at radius 2 is 2.13 bits per heavy atom. The van der Waals surface area contributed by atoms with Gasteiger partial charge < -0.3 is 10.6 Å². The van der Waals surface area contributed by atoms with Crippen molar-refractivity contribution >= 4 is 34.1 Å². The largest absolute Gasteiger partial charge is 0.382 e. The van der Waals surface area contributed by atoms with E-state index in [-0.39, 0.29) is 28.5 Å². The zero-order valence-electron chi connectivity index (χ0n) is 16.5. The first-order valence-electron chi connectivity index (χ1n) is 9.93. The molecule has 8 nitrogen and oxygen atoms in total. The number of benzene rings is 1. The number of nitrogens with two attached hydrogens (primary N) is 1. The third-order valence-corrected chi connectivity index (χ3v) is 6.49. The minimum absolute atomic E-state index is 0.116. The van der Waals surface area contributed by atoms with Gasteiger partial charge in [0.25, 0.3) is 5.56 Å². The van der Waals surface area contributed by atoms with E-state index in [1.54, 1.807) is 12.1 Å². The fourth-order valence-corrected chi connectivity index (χ4v) is 4.61. The third-order valence-electron chi connectivity index (χ3n) is 6.18. The van der Waals surface area contributed by atoms with Crippen molar-refractivity contribution in [2.75, 3.05) is 17.2 Å². The lowest BCUT2D eigenvalue weighted by Crippen LogP contribution is -2.37. The zero-order valence-corrected chi connectivity index (χ0v) is 17.2. The van der Waals surface area contributed by atoms with Crippen LogP contribution in [0, 0.1) is 11.3 Å². The molecule has 1 aromatic carbocycles. The fourth-order valence-electron chi connectivity index (χ4n) is 4.36. The Hall–Kier alpha value is -3.18. The van der Waals surface area contributed by atoms with E-state index in [1.165, 1.54) is 6.33 Å². The van der Waals surface area contributed by atoms with Crippen molar-refractivity contribution in [1.82, 2.24) is 19.5 Å². The number of aromatic nitrogens is 4. The molecular weight excluding hydrogens is 402 g/mol. The summed E-state index contributed by atoms with van der Waals surface area (Å²) in [4.78, 5) is 28.8. The summed E-state index contributed by atoms with van der Waals surface area (Å²) in [6.45, 7) is 2.76. The molecular formula is C21H20ClN7O. The zero-order chi connectivity index (χ0) is 21.0. The van der Waals surface area contributed by atoms with Gasteiger partial charge in [-0.3, -0.25) is 9.36 Å². The van der Waals surface area contributed by atoms with Crippen molar-refractivity contribution in [3.05, 3.63) is 51.3 Å². The molecule has 0 radical (unpaired) electrons. The quantitative estimate of drug-likeness (QED) is 0.690. The van der Waals surface area contributed by atoms with Crippen LogP contribution in [0.4, 0.5) is 11.6 Å². The van der Waals surface area contributed by atoms with Crippen LogP contribution in [0.3, 0.4) is 0 Å². The topological polar surface area (TPSA) is 114 Å². The highest BCUT2D eigenvalue weighted by Gasteiger charge is 2.45. The molecule has 0 amide bonds. The predicted octanol–water partition coefficient (Wildman–Crippen LogP) is 3.14. The van der Waals surface area contributed by atoms with Gasteiger partial charge in [0.2, 0.25) is 0 Å². The molecule has 1 saturated heterocycles. The average Bonchev–Trinajstić information content (AvgIpc) is 3.27. The Labute approximate surface area is 177 Å². The number of nitrogens with zero attached hydrogens (tertiary/aromatic N) is 6. The van der Waals surface area contributed by atoms with Gasteiger partial charge in [0, 0.05) is 12.1 Å². The molecule has 3 aromatic rings. The molecule has 152 valence electrons. The number of nitrogen functional groups attached to an aromatic ring is 1. The van der Waals surface area contributed by atoms with Crippen molar-refractivity contribution in [2.24, 2.45) is 0 Å². The molecule has 2 aromatic heterocycles. The Kier molecular flexibility index (Phi) is 4.19. The van der Waals surface area contributed by atoms with E-state index in [1.807, 2.05) is 15.5 Å². The van der Waals surface area contributed by atoms with E-state index in [0.29, 0.717) is 34.1 Å². The first kappa shape index (κ1) is 18.8. The van der Waals surface area contributed by atoms with E-state index < -0.39 is 0 Å². The molecule has 2 N–H and O–H groups in total. The van der Waals surface area contributed by atoms with Gasteiger partial charge in [0.05, 0.1) is 22.0 Å². The van der Waals surface area contributed by atoms with Crippen LogP contribution in [0.5, 0.6) is 0 Å². The van der Waals surface area contributed by atoms with E-state index in [4.69, 9.17) is 22.3 Å². The molecule has 2 fully saturated rings. The molecule has 2 aliphatic rings. The van der Waals surface area contributed by atoms with Crippen molar-refractivity contribution in [1.29, 1.82) is 5.26 Å². The summed E-state index contributed by atoms with van der Waals surface area (Å²) in [6, 6.07) is 7.26. The van der Waals surface area contributed by atoms with Gasteiger partial charge in [-0.1, -0.05) is 17.7 Å². The summed E-state index contributed by atoms with van der Waals surface area (Å²) in [6.07, 6.45) is 4.87. The lowest BCUT2D eigenvalue weighted by atomic mass is 10.1. The van der Waals surface area contributed by atoms with Crippen LogP contribution in [0.2, 0.25) is 5.02 Å². The number of hydrogen-bond donors (Lipinski definition) is 1. The lowest BCUT2D eigenvalue weighted by Gasteiger charge is -2.30. The van der Waals surface area contributed by atoms with Gasteiger partial charge in [-0.2, -0.15) is 5.26 Å². The number of rotatable bonds is 3. The fraction of sp³-hybridized carbons (Fsp3) is 0.381. The van der Waals surface area contributed by atoms with Crippen LogP contribution < -0.4 is 16.2 Å². The maximum absolute atomic E-state index is 13.6. The molecule has 1 unspecified atom stereocenters. The van der Waals surface area contributed by atoms with Crippen LogP contribution in [-0.4, -0.2) is 26.1 Å². The van der Waals surface area contributed by atoms with Gasteiger partial charge in [-0.15, -0.1) is 0 Å². The summed E-state index contributed by atoms with van der Waals surface area (Å²) in [5.74, 6) is 1.33. The Balaban J connectivity index is 1.74. The highest BCUT2D eigenvalue weighted by atomic mass is 35.5. The number of nitriles is 1. The lowest BCUT2D eigenvalue weighted by molar-refractivity contribution is 0.457. The van der Waals surface area contributed by atoms with Crippen molar-refractivity contribution < 1.29 is 0 Å². The molecule has 3 heterocycles. The summed E-state index contributed by atoms with van der Waals surface area (Å²) in [5, 5.41) is 10.5. The molecule has 1 saturated carbocycles. The first-order valence-corrected chi connectivity index (χ1v) is 10.3. The van der Waals surface area contributed by atoms with Gasteiger partial charge in [0.15, 0.2) is 5.82 Å². The molecule has 1 aliphatic carbocycles. The van der Waals surface area contributed by atoms with Crippen LogP contribution in [0.1, 0.15) is 50.0 Å². The molecule has 0 spiro atoms. The SMILES string of the molecule is CC1(n2c(C3CCCN3c3ncnc(N)c3C#N)nc3cccc(Cl)c3c2=O)CC1. The second kappa shape index (κ2) is 6.67. The van der Waals surface area contributed by atoms with E-state index in [9.17, 15) is 10.1 Å². The van der Waals surface area contributed by atoms with E-state index in [0.717, 1.165) is 25.7 Å². The van der Waals surface area contributed by atoms with Gasteiger partial charge in [0.1, 0.15) is 29.6 Å². The van der Waals surface area contributed by atoms with Gasteiger partial charge in [-0.05, 0) is 44.7 Å². The first-order chi connectivity index (χ1) is 14.4. The number of hydrogen-bond acceptors (Lipinski definition) is 7. The highest BCUT2D eigenvalue weighted by Crippen LogP contribution is 2.46.